The van der Waals surface area contributed by atoms with Crippen molar-refractivity contribution in [3.63, 3.8) is 0 Å². The van der Waals surface area contributed by atoms with Gasteiger partial charge < -0.3 is 0 Å². The Bertz CT molecular complexity index is 290. The second-order valence-corrected chi connectivity index (χ2v) is 5.56. The van der Waals surface area contributed by atoms with E-state index in [9.17, 15) is 0 Å². The van der Waals surface area contributed by atoms with E-state index in [4.69, 9.17) is 0 Å². The number of hydrogen-bond donors (Lipinski definition) is 0. The van der Waals surface area contributed by atoms with Gasteiger partial charge >= 0.3 is 37.6 Å². The standard InChI is InChI=1S/2C6H7.C3H6.Ti/c2*1-6-4-2-3-5-6;1-3-2;/h2*4-5H,2H2,1H3;1-2H3;/q2*-1;;+2. The van der Waals surface area contributed by atoms with Crippen LogP contribution in [0.1, 0.15) is 40.5 Å². The Hall–Kier alpha value is -0.456. The summed E-state index contributed by atoms with van der Waals surface area (Å²) in [4.78, 5) is 0. The van der Waals surface area contributed by atoms with Crippen LogP contribution < -0.4 is 0 Å². The number of allylic oxidation sites excluding steroid dienone is 8. The van der Waals surface area contributed by atoms with Crippen molar-refractivity contribution >= 4 is 3.81 Å². The Morgan fingerprint density at radius 2 is 1.31 bits per heavy atom. The predicted molar refractivity (Wildman–Crippen MR) is 68.7 cm³/mol. The first kappa shape index (κ1) is 15.5. The summed E-state index contributed by atoms with van der Waals surface area (Å²) in [5.41, 5.74) is 2.69. The van der Waals surface area contributed by atoms with Gasteiger partial charge in [0.2, 0.25) is 0 Å². The van der Waals surface area contributed by atoms with Crippen LogP contribution in [-0.2, 0) is 20.0 Å². The van der Waals surface area contributed by atoms with Crippen molar-refractivity contribution in [3.05, 3.63) is 47.6 Å². The van der Waals surface area contributed by atoms with Crippen LogP contribution in [-0.4, -0.2) is 3.81 Å². The molecule has 2 rings (SSSR count). The molecule has 0 aliphatic heterocycles. The molecule has 0 spiro atoms. The Kier molecular flexibility index (Phi) is 9.47. The third kappa shape index (κ3) is 11.6. The molecule has 2 aliphatic rings. The van der Waals surface area contributed by atoms with Gasteiger partial charge in [-0.1, -0.05) is 0 Å². The van der Waals surface area contributed by atoms with E-state index in [1.807, 2.05) is 12.2 Å². The molecule has 0 heterocycles. The SMILES string of the molecule is CC1=CC[C-]=C1.CC1=CC[C-]=C1.C[C](C)=[Ti+2]. The van der Waals surface area contributed by atoms with Gasteiger partial charge in [0.1, 0.15) is 0 Å². The minimum atomic E-state index is 1.02. The molecular weight excluding hydrogens is 228 g/mol. The monoisotopic (exact) mass is 248 g/mol. The quantitative estimate of drug-likeness (QED) is 0.446. The van der Waals surface area contributed by atoms with Gasteiger partial charge in [-0.2, -0.15) is 12.2 Å². The molecule has 84 valence electrons. The minimum absolute atomic E-state index is 1.02. The molecule has 0 radical (unpaired) electrons. The third-order valence-corrected chi connectivity index (χ3v) is 1.74. The van der Waals surface area contributed by atoms with Gasteiger partial charge in [0.15, 0.2) is 0 Å². The molecule has 0 unspecified atom stereocenters. The molecule has 0 aromatic heterocycles. The van der Waals surface area contributed by atoms with Gasteiger partial charge in [-0.05, 0) is 0 Å². The Balaban J connectivity index is 0.000000217. The molecule has 0 N–H and O–H groups in total. The fourth-order valence-electron chi connectivity index (χ4n) is 0.998. The van der Waals surface area contributed by atoms with Crippen LogP contribution in [0.15, 0.2) is 35.5 Å². The van der Waals surface area contributed by atoms with E-state index in [2.05, 4.69) is 72.0 Å². The van der Waals surface area contributed by atoms with E-state index in [1.54, 1.807) is 0 Å². The van der Waals surface area contributed by atoms with Crippen molar-refractivity contribution in [3.8, 4) is 0 Å². The van der Waals surface area contributed by atoms with Gasteiger partial charge in [0, 0.05) is 0 Å². The van der Waals surface area contributed by atoms with Gasteiger partial charge in [0.05, 0.1) is 0 Å². The summed E-state index contributed by atoms with van der Waals surface area (Å²) in [6.07, 6.45) is 16.5. The van der Waals surface area contributed by atoms with Crippen LogP contribution in [0.3, 0.4) is 0 Å². The zero-order chi connectivity index (χ0) is 12.4. The van der Waals surface area contributed by atoms with Crippen molar-refractivity contribution in [2.45, 2.75) is 40.5 Å². The van der Waals surface area contributed by atoms with Crippen molar-refractivity contribution in [1.82, 2.24) is 0 Å². The van der Waals surface area contributed by atoms with Gasteiger partial charge in [-0.3, -0.25) is 12.2 Å². The summed E-state index contributed by atoms with van der Waals surface area (Å²) in [5.74, 6) is 0. The number of hydrogen-bond acceptors (Lipinski definition) is 0. The molecule has 0 amide bonds. The summed E-state index contributed by atoms with van der Waals surface area (Å²) in [6, 6.07) is 0. The molecule has 0 fully saturated rings. The van der Waals surface area contributed by atoms with Crippen LogP contribution in [0, 0.1) is 12.2 Å². The number of rotatable bonds is 0. The zero-order valence-electron chi connectivity index (χ0n) is 10.7. The van der Waals surface area contributed by atoms with Crippen molar-refractivity contribution in [2.75, 3.05) is 0 Å². The summed E-state index contributed by atoms with van der Waals surface area (Å²) in [5, 5.41) is 0. The summed E-state index contributed by atoms with van der Waals surface area (Å²) >= 11 is 2.08. The fraction of sp³-hybridized carbons (Fsp3) is 0.400. The second-order valence-electron chi connectivity index (χ2n) is 4.00. The summed E-state index contributed by atoms with van der Waals surface area (Å²) in [7, 11) is 0. The van der Waals surface area contributed by atoms with Gasteiger partial charge in [-0.15, -0.1) is 26.7 Å². The van der Waals surface area contributed by atoms with E-state index in [0.717, 1.165) is 12.8 Å². The summed E-state index contributed by atoms with van der Waals surface area (Å²) in [6.45, 7) is 8.33. The van der Waals surface area contributed by atoms with E-state index >= 15 is 0 Å². The molecule has 0 atom stereocenters. The van der Waals surface area contributed by atoms with Crippen molar-refractivity contribution < 1.29 is 20.0 Å². The van der Waals surface area contributed by atoms with E-state index in [0.29, 0.717) is 0 Å². The van der Waals surface area contributed by atoms with Crippen molar-refractivity contribution in [1.29, 1.82) is 0 Å². The molecular formula is C15H20Ti. The Morgan fingerprint density at radius 1 is 1.00 bits per heavy atom. The molecule has 1 heteroatoms. The van der Waals surface area contributed by atoms with Crippen LogP contribution in [0.2, 0.25) is 0 Å². The van der Waals surface area contributed by atoms with Gasteiger partial charge in [-0.25, -0.2) is 23.3 Å². The molecule has 0 nitrogen and oxygen atoms in total. The van der Waals surface area contributed by atoms with E-state index in [-0.39, 0.29) is 0 Å². The molecule has 16 heavy (non-hydrogen) atoms. The molecule has 0 aromatic carbocycles. The normalized spacial score (nSPS) is 15.6. The van der Waals surface area contributed by atoms with Gasteiger partial charge in [0.25, 0.3) is 0 Å². The van der Waals surface area contributed by atoms with Crippen LogP contribution >= 0.6 is 0 Å². The first-order chi connectivity index (χ1) is 7.52. The maximum atomic E-state index is 3.05. The molecule has 0 aromatic rings. The summed E-state index contributed by atoms with van der Waals surface area (Å²) < 4.78 is 1.42. The molecule has 0 saturated carbocycles. The zero-order valence-corrected chi connectivity index (χ0v) is 12.3. The maximum absolute atomic E-state index is 3.05. The Labute approximate surface area is 112 Å². The molecule has 2 aliphatic carbocycles. The van der Waals surface area contributed by atoms with Crippen LogP contribution in [0.4, 0.5) is 0 Å². The molecule has 0 saturated heterocycles. The molecule has 0 bridgehead atoms. The second kappa shape index (κ2) is 9.75. The predicted octanol–water partition coefficient (Wildman–Crippen LogP) is 4.14. The average Bonchev–Trinajstić information content (AvgIpc) is 2.78. The third-order valence-electron chi connectivity index (χ3n) is 1.74. The van der Waals surface area contributed by atoms with E-state index < -0.39 is 0 Å². The topological polar surface area (TPSA) is 0 Å². The Morgan fingerprint density at radius 3 is 1.38 bits per heavy atom. The average molecular weight is 248 g/mol. The van der Waals surface area contributed by atoms with Crippen LogP contribution in [0.5, 0.6) is 0 Å². The first-order valence-corrected chi connectivity index (χ1v) is 6.29. The van der Waals surface area contributed by atoms with E-state index in [1.165, 1.54) is 15.0 Å². The first-order valence-electron chi connectivity index (χ1n) is 5.51. The van der Waals surface area contributed by atoms with Crippen molar-refractivity contribution in [2.24, 2.45) is 0 Å². The van der Waals surface area contributed by atoms with Crippen LogP contribution in [0.25, 0.3) is 0 Å². The fourth-order valence-corrected chi connectivity index (χ4v) is 0.998.